The molecule has 0 aliphatic heterocycles. The number of halogens is 3. The zero-order valence-electron chi connectivity index (χ0n) is 15.3. The van der Waals surface area contributed by atoms with E-state index in [1.807, 2.05) is 18.2 Å². The zero-order valence-corrected chi connectivity index (χ0v) is 15.3. The van der Waals surface area contributed by atoms with Gasteiger partial charge in [-0.2, -0.15) is 13.2 Å². The van der Waals surface area contributed by atoms with Gasteiger partial charge in [-0.25, -0.2) is 9.98 Å². The number of rotatable bonds is 5. The van der Waals surface area contributed by atoms with Crippen molar-refractivity contribution >= 4 is 18.1 Å². The zero-order chi connectivity index (χ0) is 21.0. The Labute approximate surface area is 164 Å². The van der Waals surface area contributed by atoms with E-state index in [2.05, 4.69) is 26.9 Å². The van der Waals surface area contributed by atoms with Crippen molar-refractivity contribution in [2.45, 2.75) is 13.1 Å². The molecule has 2 aromatic carbocycles. The van der Waals surface area contributed by atoms with E-state index in [0.717, 1.165) is 12.1 Å². The Kier molecular flexibility index (Phi) is 5.58. The lowest BCUT2D eigenvalue weighted by atomic mass is 10.1. The van der Waals surface area contributed by atoms with Gasteiger partial charge in [0.25, 0.3) is 5.89 Å². The smallest absolute Gasteiger partial charge is 0.414 e. The first-order valence-corrected chi connectivity index (χ1v) is 8.38. The van der Waals surface area contributed by atoms with Crippen molar-refractivity contribution in [3.8, 4) is 11.5 Å². The number of aromatic nitrogens is 2. The SMILES string of the molecule is C=N/C(N)=C(\N=C(/C)c1cccc(C(F)(F)F)c1)c1nnc(-c2ccccc2)o1. The van der Waals surface area contributed by atoms with Crippen molar-refractivity contribution in [3.05, 3.63) is 77.4 Å². The topological polar surface area (TPSA) is 89.7 Å². The van der Waals surface area contributed by atoms with E-state index >= 15 is 0 Å². The Morgan fingerprint density at radius 1 is 1.07 bits per heavy atom. The second-order valence-corrected chi connectivity index (χ2v) is 5.95. The summed E-state index contributed by atoms with van der Waals surface area (Å²) in [6, 6.07) is 13.8. The van der Waals surface area contributed by atoms with Gasteiger partial charge < -0.3 is 10.2 Å². The Morgan fingerprint density at radius 3 is 2.45 bits per heavy atom. The van der Waals surface area contributed by atoms with Gasteiger partial charge in [0, 0.05) is 11.3 Å². The summed E-state index contributed by atoms with van der Waals surface area (Å²) in [6.07, 6.45) is -4.46. The van der Waals surface area contributed by atoms with Crippen molar-refractivity contribution in [1.29, 1.82) is 0 Å². The highest BCUT2D eigenvalue weighted by Crippen LogP contribution is 2.30. The quantitative estimate of drug-likeness (QED) is 0.638. The molecule has 3 aromatic rings. The highest BCUT2D eigenvalue weighted by Gasteiger charge is 2.30. The van der Waals surface area contributed by atoms with Gasteiger partial charge in [0.1, 0.15) is 0 Å². The number of hydrogen-bond donors (Lipinski definition) is 1. The molecule has 0 radical (unpaired) electrons. The minimum atomic E-state index is -4.46. The second kappa shape index (κ2) is 8.09. The number of nitrogens with two attached hydrogens (primary N) is 1. The average Bonchev–Trinajstić information content (AvgIpc) is 3.21. The van der Waals surface area contributed by atoms with Crippen LogP contribution in [0.15, 0.2) is 74.8 Å². The van der Waals surface area contributed by atoms with Gasteiger partial charge in [-0.3, -0.25) is 0 Å². The highest BCUT2D eigenvalue weighted by molar-refractivity contribution is 6.01. The molecule has 29 heavy (non-hydrogen) atoms. The van der Waals surface area contributed by atoms with Crippen LogP contribution in [0.3, 0.4) is 0 Å². The first-order chi connectivity index (χ1) is 13.8. The van der Waals surface area contributed by atoms with Gasteiger partial charge in [-0.1, -0.05) is 30.3 Å². The molecule has 2 N–H and O–H groups in total. The van der Waals surface area contributed by atoms with Crippen LogP contribution in [-0.4, -0.2) is 22.6 Å². The lowest BCUT2D eigenvalue weighted by Crippen LogP contribution is -2.07. The summed E-state index contributed by atoms with van der Waals surface area (Å²) >= 11 is 0. The summed E-state index contributed by atoms with van der Waals surface area (Å²) in [5.74, 6) is 0.113. The molecule has 0 aliphatic rings. The van der Waals surface area contributed by atoms with Crippen molar-refractivity contribution < 1.29 is 17.6 Å². The molecule has 0 bridgehead atoms. The Morgan fingerprint density at radius 2 is 1.79 bits per heavy atom. The number of hydrogen-bond acceptors (Lipinski definition) is 6. The molecule has 0 spiro atoms. The second-order valence-electron chi connectivity index (χ2n) is 5.95. The van der Waals surface area contributed by atoms with Gasteiger partial charge in [0.05, 0.1) is 5.56 Å². The van der Waals surface area contributed by atoms with Gasteiger partial charge in [0.15, 0.2) is 11.5 Å². The molecule has 1 aromatic heterocycles. The van der Waals surface area contributed by atoms with E-state index in [1.165, 1.54) is 12.1 Å². The van der Waals surface area contributed by atoms with E-state index < -0.39 is 11.7 Å². The third kappa shape index (κ3) is 4.57. The van der Waals surface area contributed by atoms with Crippen LogP contribution >= 0.6 is 0 Å². The van der Waals surface area contributed by atoms with Crippen molar-refractivity contribution in [1.82, 2.24) is 10.2 Å². The van der Waals surface area contributed by atoms with Crippen LogP contribution in [0, 0.1) is 0 Å². The third-order valence-corrected chi connectivity index (χ3v) is 3.95. The Hall–Kier alpha value is -3.75. The summed E-state index contributed by atoms with van der Waals surface area (Å²) < 4.78 is 44.6. The molecule has 0 saturated carbocycles. The Bertz CT molecular complexity index is 1080. The van der Waals surface area contributed by atoms with Gasteiger partial charge >= 0.3 is 6.18 Å². The number of alkyl halides is 3. The fourth-order valence-corrected chi connectivity index (χ4v) is 2.46. The van der Waals surface area contributed by atoms with E-state index in [9.17, 15) is 13.2 Å². The molecule has 0 atom stereocenters. The maximum atomic E-state index is 13.0. The van der Waals surface area contributed by atoms with Crippen LogP contribution in [0.4, 0.5) is 13.2 Å². The normalized spacial score (nSPS) is 13.2. The van der Waals surface area contributed by atoms with Gasteiger partial charge in [-0.15, -0.1) is 10.2 Å². The lowest BCUT2D eigenvalue weighted by Gasteiger charge is -2.09. The van der Waals surface area contributed by atoms with Crippen LogP contribution in [0.5, 0.6) is 0 Å². The predicted molar refractivity (Wildman–Crippen MR) is 104 cm³/mol. The third-order valence-electron chi connectivity index (χ3n) is 3.95. The van der Waals surface area contributed by atoms with Crippen LogP contribution in [0.1, 0.15) is 23.9 Å². The summed E-state index contributed by atoms with van der Waals surface area (Å²) in [7, 11) is 0. The lowest BCUT2D eigenvalue weighted by molar-refractivity contribution is -0.137. The number of aliphatic imine (C=N–C) groups is 2. The first-order valence-electron chi connectivity index (χ1n) is 8.38. The Balaban J connectivity index is 2.01. The molecule has 6 nitrogen and oxygen atoms in total. The van der Waals surface area contributed by atoms with Crippen molar-refractivity contribution in [2.75, 3.05) is 0 Å². The average molecular weight is 399 g/mol. The summed E-state index contributed by atoms with van der Waals surface area (Å²) in [5, 5.41) is 7.90. The van der Waals surface area contributed by atoms with E-state index in [-0.39, 0.29) is 34.6 Å². The number of nitrogens with zero attached hydrogens (tertiary/aromatic N) is 4. The van der Waals surface area contributed by atoms with E-state index in [4.69, 9.17) is 10.2 Å². The molecular weight excluding hydrogens is 383 g/mol. The maximum absolute atomic E-state index is 13.0. The monoisotopic (exact) mass is 399 g/mol. The molecule has 3 rings (SSSR count). The van der Waals surface area contributed by atoms with Crippen LogP contribution < -0.4 is 5.73 Å². The highest BCUT2D eigenvalue weighted by atomic mass is 19.4. The standard InChI is InChI=1S/C20H16F3N5O/c1-12(14-9-6-10-15(11-14)20(21,22)23)26-16(17(24)25-2)19-28-27-18(29-19)13-7-4-3-5-8-13/h3-11H,2,24H2,1H3/b17-16-,26-12+. The van der Waals surface area contributed by atoms with Crippen LogP contribution in [-0.2, 0) is 6.18 Å². The van der Waals surface area contributed by atoms with Crippen LogP contribution in [0.2, 0.25) is 0 Å². The van der Waals surface area contributed by atoms with Gasteiger partial charge in [0.2, 0.25) is 5.89 Å². The fourth-order valence-electron chi connectivity index (χ4n) is 2.46. The van der Waals surface area contributed by atoms with Crippen molar-refractivity contribution in [2.24, 2.45) is 15.7 Å². The summed E-state index contributed by atoms with van der Waals surface area (Å²) in [5.41, 5.74) is 6.30. The van der Waals surface area contributed by atoms with E-state index in [0.29, 0.717) is 5.56 Å². The summed E-state index contributed by atoms with van der Waals surface area (Å²) in [6.45, 7) is 4.90. The molecule has 148 valence electrons. The predicted octanol–water partition coefficient (Wildman–Crippen LogP) is 4.55. The molecule has 0 aliphatic carbocycles. The molecular formula is C20H16F3N5O. The molecule has 9 heteroatoms. The molecule has 0 amide bonds. The molecule has 1 heterocycles. The van der Waals surface area contributed by atoms with E-state index in [1.54, 1.807) is 19.1 Å². The molecule has 0 fully saturated rings. The summed E-state index contributed by atoms with van der Waals surface area (Å²) in [4.78, 5) is 7.94. The number of benzene rings is 2. The maximum Gasteiger partial charge on any atom is 0.416 e. The minimum Gasteiger partial charge on any atom is -0.414 e. The van der Waals surface area contributed by atoms with Crippen molar-refractivity contribution in [3.63, 3.8) is 0 Å². The van der Waals surface area contributed by atoms with Crippen LogP contribution in [0.25, 0.3) is 17.2 Å². The fraction of sp³-hybridized carbons (Fsp3) is 0.100. The minimum absolute atomic E-state index is 0.0181. The van der Waals surface area contributed by atoms with Gasteiger partial charge in [-0.05, 0) is 43.5 Å². The first kappa shape index (κ1) is 20.0. The molecule has 0 saturated heterocycles. The molecule has 0 unspecified atom stereocenters. The largest absolute Gasteiger partial charge is 0.416 e.